The summed E-state index contributed by atoms with van der Waals surface area (Å²) in [6.07, 6.45) is 0.325. The van der Waals surface area contributed by atoms with Crippen LogP contribution in [0.4, 0.5) is 0 Å². The van der Waals surface area contributed by atoms with Crippen molar-refractivity contribution in [1.29, 1.82) is 0 Å². The van der Waals surface area contributed by atoms with Crippen LogP contribution in [0, 0.1) is 6.92 Å². The molecule has 0 aliphatic carbocycles. The Morgan fingerprint density at radius 3 is 3.06 bits per heavy atom. The van der Waals surface area contributed by atoms with Gasteiger partial charge in [-0.25, -0.2) is 0 Å². The van der Waals surface area contributed by atoms with E-state index in [1.165, 1.54) is 16.5 Å². The highest BCUT2D eigenvalue weighted by molar-refractivity contribution is 14.1. The number of nitrogens with zero attached hydrogens (tertiary/aromatic N) is 1. The van der Waals surface area contributed by atoms with Crippen molar-refractivity contribution in [2.75, 3.05) is 4.43 Å². The second-order valence-corrected chi connectivity index (χ2v) is 5.07. The Labute approximate surface area is 108 Å². The molecule has 1 aliphatic rings. The minimum atomic E-state index is 0.325. The van der Waals surface area contributed by atoms with Gasteiger partial charge in [-0.1, -0.05) is 34.7 Å². The molecule has 0 N–H and O–H groups in total. The van der Waals surface area contributed by atoms with Crippen LogP contribution in [0.15, 0.2) is 30.3 Å². The first kappa shape index (κ1) is 10.3. The monoisotopic (exact) mass is 326 g/mol. The van der Waals surface area contributed by atoms with E-state index >= 15 is 0 Å². The topological polar surface area (TPSA) is 13.1 Å². The molecule has 1 atom stereocenters. The zero-order valence-corrected chi connectivity index (χ0v) is 11.3. The molecule has 3 heteroatoms. The zero-order valence-electron chi connectivity index (χ0n) is 9.11. The number of aromatic nitrogens is 1. The summed E-state index contributed by atoms with van der Waals surface area (Å²) < 4.78 is 9.22. The van der Waals surface area contributed by atoms with Gasteiger partial charge in [-0.3, -0.25) is 0 Å². The van der Waals surface area contributed by atoms with Crippen LogP contribution in [0.3, 0.4) is 0 Å². The van der Waals surface area contributed by atoms with Crippen LogP contribution in [0.2, 0.25) is 0 Å². The fraction of sp³-hybridized carbons (Fsp3) is 0.308. The van der Waals surface area contributed by atoms with Gasteiger partial charge in [0.05, 0.1) is 6.07 Å². The fourth-order valence-corrected chi connectivity index (χ4v) is 2.74. The molecular weight excluding hydrogens is 313 g/mol. The second-order valence-electron chi connectivity index (χ2n) is 4.19. The Balaban J connectivity index is 2.26. The summed E-state index contributed by atoms with van der Waals surface area (Å²) in [5.41, 5.74) is 2.57. The van der Waals surface area contributed by atoms with Gasteiger partial charge in [-0.05, 0) is 18.6 Å². The number of hydrogen-bond donors (Lipinski definition) is 0. The zero-order chi connectivity index (χ0) is 11.1. The summed E-state index contributed by atoms with van der Waals surface area (Å²) >= 11 is 2.38. The molecule has 0 unspecified atom stereocenters. The van der Waals surface area contributed by atoms with Crippen LogP contribution in [0.5, 0.6) is 5.88 Å². The van der Waals surface area contributed by atoms with Gasteiger partial charge in [0.2, 0.25) is 5.52 Å². The summed E-state index contributed by atoms with van der Waals surface area (Å²) in [6.45, 7) is 3.11. The molecule has 0 saturated heterocycles. The van der Waals surface area contributed by atoms with Crippen LogP contribution in [0.25, 0.3) is 10.9 Å². The van der Waals surface area contributed by atoms with E-state index in [0.29, 0.717) is 6.10 Å². The first-order valence-corrected chi connectivity index (χ1v) is 6.97. The number of aryl methyl sites for hydroxylation is 1. The summed E-state index contributed by atoms with van der Waals surface area (Å²) in [7, 11) is 0. The first-order chi connectivity index (χ1) is 7.79. The average molecular weight is 326 g/mol. The quantitative estimate of drug-likeness (QED) is 0.446. The van der Waals surface area contributed by atoms with Crippen LogP contribution < -0.4 is 9.30 Å². The maximum absolute atomic E-state index is 5.90. The second kappa shape index (κ2) is 3.87. The minimum Gasteiger partial charge on any atom is -0.433 e. The van der Waals surface area contributed by atoms with Gasteiger partial charge in [0, 0.05) is 15.9 Å². The molecule has 2 nitrogen and oxygen atoms in total. The number of para-hydroxylation sites is 1. The molecule has 2 aromatic rings. The maximum Gasteiger partial charge on any atom is 0.369 e. The summed E-state index contributed by atoms with van der Waals surface area (Å²) in [5, 5.41) is 1.32. The number of alkyl halides is 1. The largest absolute Gasteiger partial charge is 0.433 e. The molecule has 2 heterocycles. The minimum absolute atomic E-state index is 0.325. The van der Waals surface area contributed by atoms with E-state index in [0.717, 1.165) is 16.9 Å². The van der Waals surface area contributed by atoms with Crippen LogP contribution in [-0.2, 0) is 6.54 Å². The Hall–Kier alpha value is -0.840. The SMILES string of the molecule is Cc1cc2[n+](c3ccccc13)C[C@H](CI)O2. The summed E-state index contributed by atoms with van der Waals surface area (Å²) in [4.78, 5) is 0. The number of hydrogen-bond acceptors (Lipinski definition) is 1. The van der Waals surface area contributed by atoms with Crippen molar-refractivity contribution in [3.05, 3.63) is 35.9 Å². The number of rotatable bonds is 1. The molecule has 16 heavy (non-hydrogen) atoms. The van der Waals surface area contributed by atoms with Gasteiger partial charge >= 0.3 is 5.88 Å². The lowest BCUT2D eigenvalue weighted by atomic mass is 10.1. The summed E-state index contributed by atoms with van der Waals surface area (Å²) in [5.74, 6) is 1.01. The van der Waals surface area contributed by atoms with E-state index in [-0.39, 0.29) is 0 Å². The third kappa shape index (κ3) is 1.49. The van der Waals surface area contributed by atoms with E-state index in [4.69, 9.17) is 4.74 Å². The van der Waals surface area contributed by atoms with Gasteiger partial charge < -0.3 is 4.74 Å². The third-order valence-corrected chi connectivity index (χ3v) is 4.05. The standard InChI is InChI=1S/C13H13INO/c1-9-6-13-15(8-10(7-14)16-13)12-5-3-2-4-11(9)12/h2-6,10H,7-8H2,1H3/q+1/t10-/m0/s1. The molecule has 1 aromatic heterocycles. The molecule has 0 bridgehead atoms. The number of pyridine rings is 1. The predicted molar refractivity (Wildman–Crippen MR) is 72.2 cm³/mol. The molecule has 0 spiro atoms. The molecule has 0 saturated carbocycles. The Kier molecular flexibility index (Phi) is 2.50. The Morgan fingerprint density at radius 2 is 2.25 bits per heavy atom. The van der Waals surface area contributed by atoms with Crippen molar-refractivity contribution in [3.8, 4) is 5.88 Å². The van der Waals surface area contributed by atoms with Crippen molar-refractivity contribution >= 4 is 33.5 Å². The lowest BCUT2D eigenvalue weighted by Gasteiger charge is -2.00. The van der Waals surface area contributed by atoms with Crippen molar-refractivity contribution < 1.29 is 9.30 Å². The van der Waals surface area contributed by atoms with E-state index in [9.17, 15) is 0 Å². The number of fused-ring (bicyclic) bond motifs is 3. The van der Waals surface area contributed by atoms with Gasteiger partial charge in [-0.2, -0.15) is 4.57 Å². The predicted octanol–water partition coefficient (Wildman–Crippen LogP) is 2.63. The highest BCUT2D eigenvalue weighted by Crippen LogP contribution is 2.24. The molecule has 0 amide bonds. The third-order valence-electron chi connectivity index (χ3n) is 3.07. The highest BCUT2D eigenvalue weighted by atomic mass is 127. The average Bonchev–Trinajstić information content (AvgIpc) is 2.72. The van der Waals surface area contributed by atoms with E-state index in [2.05, 4.69) is 64.4 Å². The van der Waals surface area contributed by atoms with Crippen molar-refractivity contribution in [2.45, 2.75) is 19.6 Å². The number of benzene rings is 1. The first-order valence-electron chi connectivity index (χ1n) is 5.44. The smallest absolute Gasteiger partial charge is 0.369 e. The fourth-order valence-electron chi connectivity index (χ4n) is 2.28. The van der Waals surface area contributed by atoms with Gasteiger partial charge in [0.25, 0.3) is 0 Å². The normalized spacial score (nSPS) is 18.5. The van der Waals surface area contributed by atoms with Gasteiger partial charge in [0.15, 0.2) is 12.6 Å². The highest BCUT2D eigenvalue weighted by Gasteiger charge is 2.31. The molecule has 0 fully saturated rings. The Bertz CT molecular complexity index is 553. The van der Waals surface area contributed by atoms with Crippen molar-refractivity contribution in [3.63, 3.8) is 0 Å². The van der Waals surface area contributed by atoms with Crippen molar-refractivity contribution in [1.82, 2.24) is 0 Å². The number of ether oxygens (including phenoxy) is 1. The van der Waals surface area contributed by atoms with Crippen molar-refractivity contribution in [2.24, 2.45) is 0 Å². The lowest BCUT2D eigenvalue weighted by Crippen LogP contribution is -2.34. The summed E-state index contributed by atoms with van der Waals surface area (Å²) in [6, 6.07) is 10.7. The maximum atomic E-state index is 5.90. The molecule has 82 valence electrons. The van der Waals surface area contributed by atoms with E-state index in [1.807, 2.05) is 0 Å². The van der Waals surface area contributed by atoms with Crippen LogP contribution >= 0.6 is 22.6 Å². The molecule has 1 aromatic carbocycles. The van der Waals surface area contributed by atoms with E-state index < -0.39 is 0 Å². The van der Waals surface area contributed by atoms with Gasteiger partial charge in [0.1, 0.15) is 0 Å². The molecule has 0 radical (unpaired) electrons. The van der Waals surface area contributed by atoms with Gasteiger partial charge in [-0.15, -0.1) is 0 Å². The number of halogens is 1. The molecular formula is C13H13INO+. The molecule has 3 rings (SSSR count). The molecule has 1 aliphatic heterocycles. The lowest BCUT2D eigenvalue weighted by molar-refractivity contribution is -0.655. The van der Waals surface area contributed by atoms with Crippen LogP contribution in [-0.4, -0.2) is 10.5 Å². The Morgan fingerprint density at radius 1 is 1.44 bits per heavy atom. The van der Waals surface area contributed by atoms with E-state index in [1.54, 1.807) is 0 Å². The van der Waals surface area contributed by atoms with Crippen LogP contribution in [0.1, 0.15) is 5.56 Å².